The molecular formula is C11H11N3O3S. The lowest BCUT2D eigenvalue weighted by molar-refractivity contribution is 0.460. The zero-order valence-corrected chi connectivity index (χ0v) is 10.4. The molecule has 0 aliphatic carbocycles. The summed E-state index contributed by atoms with van der Waals surface area (Å²) in [6.45, 7) is 0. The zero-order chi connectivity index (χ0) is 13.2. The van der Waals surface area contributed by atoms with Crippen molar-refractivity contribution in [3.8, 4) is 11.6 Å². The number of hydrogen-bond acceptors (Lipinski definition) is 6. The monoisotopic (exact) mass is 265 g/mol. The molecule has 2 N–H and O–H groups in total. The van der Waals surface area contributed by atoms with Crippen LogP contribution in [0.3, 0.4) is 0 Å². The molecule has 0 aliphatic heterocycles. The Morgan fingerprint density at radius 2 is 1.83 bits per heavy atom. The van der Waals surface area contributed by atoms with E-state index in [9.17, 15) is 8.42 Å². The molecule has 1 aromatic heterocycles. The van der Waals surface area contributed by atoms with Crippen LogP contribution >= 0.6 is 0 Å². The second kappa shape index (κ2) is 4.61. The molecule has 18 heavy (non-hydrogen) atoms. The highest BCUT2D eigenvalue weighted by Crippen LogP contribution is 2.21. The third-order valence-electron chi connectivity index (χ3n) is 2.11. The van der Waals surface area contributed by atoms with Gasteiger partial charge in [-0.2, -0.15) is 4.98 Å². The largest absolute Gasteiger partial charge is 0.437 e. The van der Waals surface area contributed by atoms with Crippen molar-refractivity contribution in [3.05, 3.63) is 36.7 Å². The molecule has 0 saturated carbocycles. The van der Waals surface area contributed by atoms with E-state index in [1.165, 1.54) is 24.5 Å². The number of nitrogens with zero attached hydrogens (tertiary/aromatic N) is 2. The van der Waals surface area contributed by atoms with E-state index < -0.39 is 9.84 Å². The standard InChI is InChI=1S/C11H11N3O3S/c1-18(15,16)9-4-2-8(3-5-9)17-11-7-13-6-10(12)14-11/h2-7H,1H3,(H2,12,14). The van der Waals surface area contributed by atoms with Gasteiger partial charge in [-0.05, 0) is 24.3 Å². The maximum Gasteiger partial charge on any atom is 0.239 e. The molecule has 0 amide bonds. The topological polar surface area (TPSA) is 95.2 Å². The minimum atomic E-state index is -3.20. The number of hydrogen-bond donors (Lipinski definition) is 1. The van der Waals surface area contributed by atoms with Gasteiger partial charge in [-0.1, -0.05) is 0 Å². The van der Waals surface area contributed by atoms with Crippen LogP contribution in [0.4, 0.5) is 5.82 Å². The van der Waals surface area contributed by atoms with Gasteiger partial charge >= 0.3 is 0 Å². The van der Waals surface area contributed by atoms with Crippen molar-refractivity contribution in [1.29, 1.82) is 0 Å². The van der Waals surface area contributed by atoms with Crippen LogP contribution in [0.25, 0.3) is 0 Å². The van der Waals surface area contributed by atoms with Crippen molar-refractivity contribution in [1.82, 2.24) is 9.97 Å². The Kier molecular flexibility index (Phi) is 3.15. The molecule has 1 aromatic carbocycles. The summed E-state index contributed by atoms with van der Waals surface area (Å²) < 4.78 is 27.9. The molecule has 0 saturated heterocycles. The van der Waals surface area contributed by atoms with E-state index in [-0.39, 0.29) is 16.6 Å². The highest BCUT2D eigenvalue weighted by Gasteiger charge is 2.07. The van der Waals surface area contributed by atoms with Gasteiger partial charge in [0.25, 0.3) is 0 Å². The lowest BCUT2D eigenvalue weighted by atomic mass is 10.3. The van der Waals surface area contributed by atoms with E-state index in [1.54, 1.807) is 12.1 Å². The van der Waals surface area contributed by atoms with Gasteiger partial charge in [0.15, 0.2) is 9.84 Å². The fraction of sp³-hybridized carbons (Fsp3) is 0.0909. The Morgan fingerprint density at radius 3 is 2.39 bits per heavy atom. The summed E-state index contributed by atoms with van der Waals surface area (Å²) in [5.74, 6) is 0.963. The van der Waals surface area contributed by atoms with Crippen LogP contribution < -0.4 is 10.5 Å². The third-order valence-corrected chi connectivity index (χ3v) is 3.23. The van der Waals surface area contributed by atoms with Crippen LogP contribution in [0.1, 0.15) is 0 Å². The van der Waals surface area contributed by atoms with E-state index in [4.69, 9.17) is 10.5 Å². The minimum Gasteiger partial charge on any atom is -0.437 e. The average Bonchev–Trinajstić information content (AvgIpc) is 2.28. The van der Waals surface area contributed by atoms with Crippen LogP contribution in [0, 0.1) is 0 Å². The molecule has 0 fully saturated rings. The number of anilines is 1. The minimum absolute atomic E-state index is 0.230. The first kappa shape index (κ1) is 12.3. The van der Waals surface area contributed by atoms with Gasteiger partial charge in [0, 0.05) is 6.26 Å². The van der Waals surface area contributed by atoms with Crippen LogP contribution in [-0.2, 0) is 9.84 Å². The van der Waals surface area contributed by atoms with Crippen LogP contribution in [0.2, 0.25) is 0 Å². The second-order valence-corrected chi connectivity index (χ2v) is 5.64. The predicted molar refractivity (Wildman–Crippen MR) is 66.1 cm³/mol. The smallest absolute Gasteiger partial charge is 0.239 e. The fourth-order valence-corrected chi connectivity index (χ4v) is 1.92. The van der Waals surface area contributed by atoms with Crippen LogP contribution in [0.15, 0.2) is 41.6 Å². The number of ether oxygens (including phenoxy) is 1. The molecular weight excluding hydrogens is 254 g/mol. The van der Waals surface area contributed by atoms with E-state index in [2.05, 4.69) is 9.97 Å². The van der Waals surface area contributed by atoms with Crippen LogP contribution in [-0.4, -0.2) is 24.6 Å². The van der Waals surface area contributed by atoms with Gasteiger partial charge in [-0.3, -0.25) is 4.98 Å². The quantitative estimate of drug-likeness (QED) is 0.897. The first-order chi connectivity index (χ1) is 8.45. The summed E-state index contributed by atoms with van der Waals surface area (Å²) >= 11 is 0. The number of nitrogen functional groups attached to an aromatic ring is 1. The Bertz CT molecular complexity index is 653. The van der Waals surface area contributed by atoms with Crippen molar-refractivity contribution in [2.45, 2.75) is 4.90 Å². The highest BCUT2D eigenvalue weighted by molar-refractivity contribution is 7.90. The van der Waals surface area contributed by atoms with Gasteiger partial charge in [0.05, 0.1) is 17.3 Å². The number of sulfone groups is 1. The normalized spacial score (nSPS) is 11.2. The number of nitrogens with two attached hydrogens (primary N) is 1. The van der Waals surface area contributed by atoms with Gasteiger partial charge in [-0.25, -0.2) is 8.42 Å². The van der Waals surface area contributed by atoms with Crippen LogP contribution in [0.5, 0.6) is 11.6 Å². The van der Waals surface area contributed by atoms with E-state index in [0.29, 0.717) is 5.75 Å². The third kappa shape index (κ3) is 2.95. The molecule has 7 heteroatoms. The maximum atomic E-state index is 11.3. The average molecular weight is 265 g/mol. The molecule has 2 aromatic rings. The summed E-state index contributed by atoms with van der Waals surface area (Å²) in [4.78, 5) is 7.97. The SMILES string of the molecule is CS(=O)(=O)c1ccc(Oc2cncc(N)n2)cc1. The van der Waals surface area contributed by atoms with Gasteiger partial charge in [0.1, 0.15) is 11.6 Å². The maximum absolute atomic E-state index is 11.3. The van der Waals surface area contributed by atoms with E-state index >= 15 is 0 Å². The molecule has 1 heterocycles. The molecule has 6 nitrogen and oxygen atoms in total. The van der Waals surface area contributed by atoms with Crippen molar-refractivity contribution in [2.24, 2.45) is 0 Å². The Balaban J connectivity index is 2.21. The zero-order valence-electron chi connectivity index (χ0n) is 9.57. The Labute approximate surface area is 104 Å². The van der Waals surface area contributed by atoms with Crippen molar-refractivity contribution in [3.63, 3.8) is 0 Å². The van der Waals surface area contributed by atoms with Crippen molar-refractivity contribution >= 4 is 15.7 Å². The number of benzene rings is 1. The molecule has 0 spiro atoms. The molecule has 0 atom stereocenters. The fourth-order valence-electron chi connectivity index (χ4n) is 1.29. The van der Waals surface area contributed by atoms with E-state index in [1.807, 2.05) is 0 Å². The first-order valence-electron chi connectivity index (χ1n) is 5.00. The first-order valence-corrected chi connectivity index (χ1v) is 6.90. The van der Waals surface area contributed by atoms with Gasteiger partial charge in [0.2, 0.25) is 5.88 Å². The number of rotatable bonds is 3. The Morgan fingerprint density at radius 1 is 1.17 bits per heavy atom. The van der Waals surface area contributed by atoms with Crippen molar-refractivity contribution < 1.29 is 13.2 Å². The van der Waals surface area contributed by atoms with Crippen molar-refractivity contribution in [2.75, 3.05) is 12.0 Å². The summed E-state index contributed by atoms with van der Waals surface area (Å²) in [6, 6.07) is 6.01. The van der Waals surface area contributed by atoms with Gasteiger partial charge < -0.3 is 10.5 Å². The molecule has 2 rings (SSSR count). The summed E-state index contributed by atoms with van der Waals surface area (Å²) in [6.07, 6.45) is 3.96. The molecule has 0 radical (unpaired) electrons. The lowest BCUT2D eigenvalue weighted by Gasteiger charge is -2.05. The molecule has 0 aliphatic rings. The number of aromatic nitrogens is 2. The predicted octanol–water partition coefficient (Wildman–Crippen LogP) is 1.25. The second-order valence-electron chi connectivity index (χ2n) is 3.63. The summed E-state index contributed by atoms with van der Waals surface area (Å²) in [5.41, 5.74) is 5.46. The van der Waals surface area contributed by atoms with E-state index in [0.717, 1.165) is 6.26 Å². The molecule has 0 unspecified atom stereocenters. The molecule has 94 valence electrons. The lowest BCUT2D eigenvalue weighted by Crippen LogP contribution is -1.97. The highest BCUT2D eigenvalue weighted by atomic mass is 32.2. The van der Waals surface area contributed by atoms with Gasteiger partial charge in [-0.15, -0.1) is 0 Å². The molecule has 0 bridgehead atoms. The summed E-state index contributed by atoms with van der Waals surface area (Å²) in [5, 5.41) is 0. The Hall–Kier alpha value is -2.15. The summed E-state index contributed by atoms with van der Waals surface area (Å²) in [7, 11) is -3.20.